The van der Waals surface area contributed by atoms with Crippen LogP contribution in [0.3, 0.4) is 0 Å². The van der Waals surface area contributed by atoms with Gasteiger partial charge in [0.25, 0.3) is 0 Å². The molecule has 74 valence electrons. The molecule has 1 fully saturated rings. The van der Waals surface area contributed by atoms with E-state index < -0.39 is 0 Å². The molecule has 0 N–H and O–H groups in total. The van der Waals surface area contributed by atoms with Gasteiger partial charge in [-0.05, 0) is 19.3 Å². The first-order valence-electron chi connectivity index (χ1n) is 4.83. The SMILES string of the molecule is CCOC(=O)[C@H]1CCC(=O)C[C@@H]1C. The van der Waals surface area contributed by atoms with Crippen LogP contribution in [0, 0.1) is 11.8 Å². The second-order valence-electron chi connectivity index (χ2n) is 3.62. The van der Waals surface area contributed by atoms with Crippen LogP contribution in [0.15, 0.2) is 0 Å². The monoisotopic (exact) mass is 184 g/mol. The molecule has 0 aromatic rings. The Morgan fingerprint density at radius 3 is 2.85 bits per heavy atom. The third-order valence-corrected chi connectivity index (χ3v) is 2.56. The van der Waals surface area contributed by atoms with E-state index in [2.05, 4.69) is 0 Å². The minimum Gasteiger partial charge on any atom is -0.466 e. The molecule has 0 aromatic carbocycles. The molecule has 1 saturated carbocycles. The average molecular weight is 184 g/mol. The number of carbonyl (C=O) groups is 2. The molecule has 13 heavy (non-hydrogen) atoms. The standard InChI is InChI=1S/C10H16O3/c1-3-13-10(12)9-5-4-8(11)6-7(9)2/h7,9H,3-6H2,1-2H3/t7-,9-/m0/s1. The summed E-state index contributed by atoms with van der Waals surface area (Å²) in [5.74, 6) is 0.230. The molecule has 0 amide bonds. The van der Waals surface area contributed by atoms with E-state index in [-0.39, 0.29) is 23.6 Å². The number of ketones is 1. The molecular weight excluding hydrogens is 168 g/mol. The van der Waals surface area contributed by atoms with Gasteiger partial charge in [-0.25, -0.2) is 0 Å². The Kier molecular flexibility index (Phi) is 3.46. The third-order valence-electron chi connectivity index (χ3n) is 2.56. The summed E-state index contributed by atoms with van der Waals surface area (Å²) in [5, 5.41) is 0. The van der Waals surface area contributed by atoms with E-state index in [0.717, 1.165) is 0 Å². The van der Waals surface area contributed by atoms with Crippen LogP contribution < -0.4 is 0 Å². The van der Waals surface area contributed by atoms with Crippen LogP contribution >= 0.6 is 0 Å². The lowest BCUT2D eigenvalue weighted by atomic mass is 9.80. The molecule has 0 aromatic heterocycles. The lowest BCUT2D eigenvalue weighted by Crippen LogP contribution is -2.30. The fourth-order valence-corrected chi connectivity index (χ4v) is 1.80. The van der Waals surface area contributed by atoms with E-state index in [1.54, 1.807) is 6.92 Å². The average Bonchev–Trinajstić information content (AvgIpc) is 2.04. The van der Waals surface area contributed by atoms with Crippen molar-refractivity contribution in [3.05, 3.63) is 0 Å². The van der Waals surface area contributed by atoms with Gasteiger partial charge >= 0.3 is 5.97 Å². The quantitative estimate of drug-likeness (QED) is 0.611. The first kappa shape index (κ1) is 10.2. The zero-order chi connectivity index (χ0) is 9.84. The molecule has 0 unspecified atom stereocenters. The first-order chi connectivity index (χ1) is 6.15. The topological polar surface area (TPSA) is 43.4 Å². The summed E-state index contributed by atoms with van der Waals surface area (Å²) in [4.78, 5) is 22.4. The molecule has 3 heteroatoms. The molecule has 0 spiro atoms. The van der Waals surface area contributed by atoms with Gasteiger partial charge in [0.15, 0.2) is 0 Å². The highest BCUT2D eigenvalue weighted by molar-refractivity contribution is 5.82. The van der Waals surface area contributed by atoms with Gasteiger partial charge in [0.2, 0.25) is 0 Å². The molecule has 0 aliphatic heterocycles. The molecule has 3 nitrogen and oxygen atoms in total. The third kappa shape index (κ3) is 2.54. The van der Waals surface area contributed by atoms with E-state index in [1.807, 2.05) is 6.92 Å². The smallest absolute Gasteiger partial charge is 0.309 e. The second kappa shape index (κ2) is 4.40. The summed E-state index contributed by atoms with van der Waals surface area (Å²) in [7, 11) is 0. The van der Waals surface area contributed by atoms with Crippen LogP contribution in [-0.2, 0) is 14.3 Å². The van der Waals surface area contributed by atoms with Gasteiger partial charge < -0.3 is 4.74 Å². The number of esters is 1. The van der Waals surface area contributed by atoms with E-state index in [1.165, 1.54) is 0 Å². The van der Waals surface area contributed by atoms with E-state index in [9.17, 15) is 9.59 Å². The Hall–Kier alpha value is -0.860. The fraction of sp³-hybridized carbons (Fsp3) is 0.800. The first-order valence-corrected chi connectivity index (χ1v) is 4.83. The van der Waals surface area contributed by atoms with Crippen LogP contribution in [0.5, 0.6) is 0 Å². The predicted molar refractivity (Wildman–Crippen MR) is 48.1 cm³/mol. The molecular formula is C10H16O3. The zero-order valence-electron chi connectivity index (χ0n) is 8.21. The summed E-state index contributed by atoms with van der Waals surface area (Å²) in [6.07, 6.45) is 1.73. The number of ether oxygens (including phenoxy) is 1. The number of hydrogen-bond acceptors (Lipinski definition) is 3. The maximum atomic E-state index is 11.4. The Balaban J connectivity index is 2.50. The van der Waals surface area contributed by atoms with Gasteiger partial charge in [0.1, 0.15) is 5.78 Å². The lowest BCUT2D eigenvalue weighted by molar-refractivity contribution is -0.151. The number of carbonyl (C=O) groups excluding carboxylic acids is 2. The van der Waals surface area contributed by atoms with Gasteiger partial charge in [-0.15, -0.1) is 0 Å². The Morgan fingerprint density at radius 1 is 1.62 bits per heavy atom. The van der Waals surface area contributed by atoms with Crippen LogP contribution in [-0.4, -0.2) is 18.4 Å². The maximum absolute atomic E-state index is 11.4. The Morgan fingerprint density at radius 2 is 2.31 bits per heavy atom. The molecule has 0 saturated heterocycles. The van der Waals surface area contributed by atoms with Crippen molar-refractivity contribution < 1.29 is 14.3 Å². The highest BCUT2D eigenvalue weighted by Crippen LogP contribution is 2.28. The molecule has 0 heterocycles. The lowest BCUT2D eigenvalue weighted by Gasteiger charge is -2.25. The summed E-state index contributed by atoms with van der Waals surface area (Å²) in [6, 6.07) is 0. The number of rotatable bonds is 2. The summed E-state index contributed by atoms with van der Waals surface area (Å²) in [6.45, 7) is 4.17. The van der Waals surface area contributed by atoms with Gasteiger partial charge in [-0.1, -0.05) is 6.92 Å². The molecule has 1 aliphatic carbocycles. The van der Waals surface area contributed by atoms with Crippen molar-refractivity contribution in [2.45, 2.75) is 33.1 Å². The number of hydrogen-bond donors (Lipinski definition) is 0. The molecule has 0 bridgehead atoms. The summed E-state index contributed by atoms with van der Waals surface area (Å²) in [5.41, 5.74) is 0. The minimum atomic E-state index is -0.137. The number of Topliss-reactive ketones (excluding diaryl/α,β-unsaturated/α-hetero) is 1. The minimum absolute atomic E-state index is 0.0577. The van der Waals surface area contributed by atoms with Crippen molar-refractivity contribution in [2.75, 3.05) is 6.61 Å². The largest absolute Gasteiger partial charge is 0.466 e. The molecule has 2 atom stereocenters. The molecule has 0 radical (unpaired) electrons. The molecule has 1 rings (SSSR count). The predicted octanol–water partition coefficient (Wildman–Crippen LogP) is 1.55. The van der Waals surface area contributed by atoms with Crippen molar-refractivity contribution in [2.24, 2.45) is 11.8 Å². The zero-order valence-corrected chi connectivity index (χ0v) is 8.21. The van der Waals surface area contributed by atoms with Crippen molar-refractivity contribution in [3.8, 4) is 0 Å². The van der Waals surface area contributed by atoms with Crippen LogP contribution in [0.25, 0.3) is 0 Å². The highest BCUT2D eigenvalue weighted by Gasteiger charge is 2.32. The maximum Gasteiger partial charge on any atom is 0.309 e. The van der Waals surface area contributed by atoms with Gasteiger partial charge in [-0.3, -0.25) is 9.59 Å². The van der Waals surface area contributed by atoms with Gasteiger partial charge in [-0.2, -0.15) is 0 Å². The van der Waals surface area contributed by atoms with Crippen molar-refractivity contribution >= 4 is 11.8 Å². The van der Waals surface area contributed by atoms with E-state index in [0.29, 0.717) is 25.9 Å². The van der Waals surface area contributed by atoms with Crippen molar-refractivity contribution in [3.63, 3.8) is 0 Å². The van der Waals surface area contributed by atoms with Crippen LogP contribution in [0.1, 0.15) is 33.1 Å². The van der Waals surface area contributed by atoms with Crippen LogP contribution in [0.2, 0.25) is 0 Å². The fourth-order valence-electron chi connectivity index (χ4n) is 1.80. The van der Waals surface area contributed by atoms with E-state index >= 15 is 0 Å². The second-order valence-corrected chi connectivity index (χ2v) is 3.62. The molecule has 1 aliphatic rings. The Labute approximate surface area is 78.5 Å². The van der Waals surface area contributed by atoms with Crippen LogP contribution in [0.4, 0.5) is 0 Å². The van der Waals surface area contributed by atoms with E-state index in [4.69, 9.17) is 4.74 Å². The normalized spacial score (nSPS) is 28.6. The highest BCUT2D eigenvalue weighted by atomic mass is 16.5. The van der Waals surface area contributed by atoms with Gasteiger partial charge in [0, 0.05) is 12.8 Å². The summed E-state index contributed by atoms with van der Waals surface area (Å²) < 4.78 is 4.94. The Bertz CT molecular complexity index is 210. The van der Waals surface area contributed by atoms with Crippen molar-refractivity contribution in [1.29, 1.82) is 0 Å². The van der Waals surface area contributed by atoms with Gasteiger partial charge in [0.05, 0.1) is 12.5 Å². The summed E-state index contributed by atoms with van der Waals surface area (Å²) >= 11 is 0. The van der Waals surface area contributed by atoms with Crippen molar-refractivity contribution in [1.82, 2.24) is 0 Å².